The summed E-state index contributed by atoms with van der Waals surface area (Å²) in [6.45, 7) is 3.62. The van der Waals surface area contributed by atoms with E-state index >= 15 is 0 Å². The molecule has 1 aromatic rings. The number of carbonyl (C=O) groups excluding carboxylic acids is 1. The van der Waals surface area contributed by atoms with E-state index in [9.17, 15) is 4.79 Å². The number of likely N-dealkylation sites (tertiary alicyclic amines) is 1. The van der Waals surface area contributed by atoms with E-state index in [-0.39, 0.29) is 11.9 Å². The van der Waals surface area contributed by atoms with Gasteiger partial charge in [0.2, 0.25) is 5.91 Å². The molecular formula is C14H17N3O. The van der Waals surface area contributed by atoms with E-state index in [1.165, 1.54) is 0 Å². The fraction of sp³-hybridized carbons (Fsp3) is 0.429. The van der Waals surface area contributed by atoms with Crippen molar-refractivity contribution < 1.29 is 4.79 Å². The van der Waals surface area contributed by atoms with Gasteiger partial charge >= 0.3 is 0 Å². The van der Waals surface area contributed by atoms with Gasteiger partial charge in [-0.25, -0.2) is 0 Å². The number of rotatable bonds is 3. The molecule has 18 heavy (non-hydrogen) atoms. The SMILES string of the molecule is CC(Nc1ccc(C#N)cc1)C(=O)N1CCCC1. The van der Waals surface area contributed by atoms with E-state index < -0.39 is 0 Å². The van der Waals surface area contributed by atoms with Crippen molar-refractivity contribution in [3.63, 3.8) is 0 Å². The van der Waals surface area contributed by atoms with Crippen LogP contribution in [0.25, 0.3) is 0 Å². The second kappa shape index (κ2) is 5.54. The number of nitrogens with one attached hydrogen (secondary N) is 1. The van der Waals surface area contributed by atoms with Crippen molar-refractivity contribution in [2.45, 2.75) is 25.8 Å². The van der Waals surface area contributed by atoms with Crippen LogP contribution < -0.4 is 5.32 Å². The van der Waals surface area contributed by atoms with Crippen LogP contribution in [0.3, 0.4) is 0 Å². The first kappa shape index (κ1) is 12.4. The minimum Gasteiger partial charge on any atom is -0.374 e. The Labute approximate surface area is 107 Å². The number of anilines is 1. The van der Waals surface area contributed by atoms with Gasteiger partial charge in [0.15, 0.2) is 0 Å². The number of hydrogen-bond donors (Lipinski definition) is 1. The normalized spacial score (nSPS) is 16.1. The van der Waals surface area contributed by atoms with E-state index in [1.54, 1.807) is 12.1 Å². The molecule has 1 fully saturated rings. The van der Waals surface area contributed by atoms with Gasteiger partial charge in [0, 0.05) is 18.8 Å². The Bertz CT molecular complexity index is 455. The molecule has 0 radical (unpaired) electrons. The van der Waals surface area contributed by atoms with Crippen molar-refractivity contribution in [1.29, 1.82) is 5.26 Å². The van der Waals surface area contributed by atoms with Crippen LogP contribution in [0.15, 0.2) is 24.3 Å². The van der Waals surface area contributed by atoms with Crippen LogP contribution in [0.2, 0.25) is 0 Å². The van der Waals surface area contributed by atoms with Crippen LogP contribution in [0.5, 0.6) is 0 Å². The molecule has 1 N–H and O–H groups in total. The van der Waals surface area contributed by atoms with Crippen LogP contribution >= 0.6 is 0 Å². The lowest BCUT2D eigenvalue weighted by atomic mass is 10.2. The molecule has 4 nitrogen and oxygen atoms in total. The number of benzene rings is 1. The summed E-state index contributed by atoms with van der Waals surface area (Å²) in [7, 11) is 0. The Balaban J connectivity index is 1.95. The second-order valence-corrected chi connectivity index (χ2v) is 4.59. The average Bonchev–Trinajstić information content (AvgIpc) is 2.92. The van der Waals surface area contributed by atoms with E-state index in [4.69, 9.17) is 5.26 Å². The molecular weight excluding hydrogens is 226 g/mol. The zero-order valence-electron chi connectivity index (χ0n) is 10.5. The van der Waals surface area contributed by atoms with E-state index in [0.29, 0.717) is 5.56 Å². The van der Waals surface area contributed by atoms with Gasteiger partial charge in [-0.2, -0.15) is 5.26 Å². The largest absolute Gasteiger partial charge is 0.374 e. The van der Waals surface area contributed by atoms with Gasteiger partial charge in [-0.15, -0.1) is 0 Å². The van der Waals surface area contributed by atoms with Crippen molar-refractivity contribution in [1.82, 2.24) is 4.90 Å². The first-order chi connectivity index (χ1) is 8.70. The highest BCUT2D eigenvalue weighted by molar-refractivity contribution is 5.84. The van der Waals surface area contributed by atoms with Gasteiger partial charge in [0.1, 0.15) is 6.04 Å². The second-order valence-electron chi connectivity index (χ2n) is 4.59. The summed E-state index contributed by atoms with van der Waals surface area (Å²) in [6, 6.07) is 8.99. The predicted molar refractivity (Wildman–Crippen MR) is 70.1 cm³/mol. The van der Waals surface area contributed by atoms with Gasteiger partial charge < -0.3 is 10.2 Å². The maximum absolute atomic E-state index is 12.1. The fourth-order valence-electron chi connectivity index (χ4n) is 2.16. The summed E-state index contributed by atoms with van der Waals surface area (Å²) in [5.41, 5.74) is 1.49. The third kappa shape index (κ3) is 2.80. The fourth-order valence-corrected chi connectivity index (χ4v) is 2.16. The molecule has 2 rings (SSSR count). The van der Waals surface area contributed by atoms with Crippen LogP contribution in [-0.4, -0.2) is 29.9 Å². The van der Waals surface area contributed by atoms with Crippen molar-refractivity contribution in [3.05, 3.63) is 29.8 Å². The quantitative estimate of drug-likeness (QED) is 0.883. The number of carbonyl (C=O) groups is 1. The minimum atomic E-state index is -0.226. The Kier molecular flexibility index (Phi) is 3.83. The monoisotopic (exact) mass is 243 g/mol. The molecule has 1 heterocycles. The van der Waals surface area contributed by atoms with E-state index in [0.717, 1.165) is 31.6 Å². The van der Waals surface area contributed by atoms with Crippen LogP contribution in [0.4, 0.5) is 5.69 Å². The maximum Gasteiger partial charge on any atom is 0.244 e. The topological polar surface area (TPSA) is 56.1 Å². The number of amides is 1. The molecule has 0 spiro atoms. The minimum absolute atomic E-state index is 0.150. The molecule has 1 atom stereocenters. The van der Waals surface area contributed by atoms with E-state index in [1.807, 2.05) is 24.0 Å². The Morgan fingerprint density at radius 2 is 1.94 bits per heavy atom. The Morgan fingerprint density at radius 1 is 1.33 bits per heavy atom. The highest BCUT2D eigenvalue weighted by Gasteiger charge is 2.22. The van der Waals surface area contributed by atoms with Crippen molar-refractivity contribution >= 4 is 11.6 Å². The lowest BCUT2D eigenvalue weighted by molar-refractivity contribution is -0.130. The average molecular weight is 243 g/mol. The molecule has 0 aromatic heterocycles. The summed E-state index contributed by atoms with van der Waals surface area (Å²) in [4.78, 5) is 14.0. The summed E-state index contributed by atoms with van der Waals surface area (Å²) >= 11 is 0. The van der Waals surface area contributed by atoms with Crippen LogP contribution in [0, 0.1) is 11.3 Å². The standard InChI is InChI=1S/C14H17N3O/c1-11(14(18)17-8-2-3-9-17)16-13-6-4-12(10-15)5-7-13/h4-7,11,16H,2-3,8-9H2,1H3. The molecule has 1 aliphatic heterocycles. The molecule has 1 aliphatic rings. The third-order valence-electron chi connectivity index (χ3n) is 3.19. The Hall–Kier alpha value is -2.02. The van der Waals surface area contributed by atoms with Gasteiger partial charge in [-0.3, -0.25) is 4.79 Å². The summed E-state index contributed by atoms with van der Waals surface area (Å²) in [5, 5.41) is 11.9. The molecule has 1 saturated heterocycles. The molecule has 0 aliphatic carbocycles. The smallest absolute Gasteiger partial charge is 0.244 e. The molecule has 1 amide bonds. The predicted octanol–water partition coefficient (Wildman–Crippen LogP) is 1.98. The number of nitriles is 1. The number of nitrogens with zero attached hydrogens (tertiary/aromatic N) is 2. The summed E-state index contributed by atoms with van der Waals surface area (Å²) in [5.74, 6) is 0.150. The van der Waals surface area contributed by atoms with Crippen LogP contribution in [-0.2, 0) is 4.79 Å². The summed E-state index contributed by atoms with van der Waals surface area (Å²) in [6.07, 6.45) is 2.21. The zero-order chi connectivity index (χ0) is 13.0. The molecule has 94 valence electrons. The Morgan fingerprint density at radius 3 is 2.50 bits per heavy atom. The highest BCUT2D eigenvalue weighted by Crippen LogP contribution is 2.13. The lowest BCUT2D eigenvalue weighted by Gasteiger charge is -2.21. The maximum atomic E-state index is 12.1. The molecule has 0 saturated carbocycles. The molecule has 1 unspecified atom stereocenters. The summed E-state index contributed by atoms with van der Waals surface area (Å²) < 4.78 is 0. The molecule has 0 bridgehead atoms. The first-order valence-corrected chi connectivity index (χ1v) is 6.26. The highest BCUT2D eigenvalue weighted by atomic mass is 16.2. The van der Waals surface area contributed by atoms with Crippen molar-refractivity contribution in [2.75, 3.05) is 18.4 Å². The lowest BCUT2D eigenvalue weighted by Crippen LogP contribution is -2.39. The van der Waals surface area contributed by atoms with Gasteiger partial charge in [-0.1, -0.05) is 0 Å². The number of hydrogen-bond acceptors (Lipinski definition) is 3. The van der Waals surface area contributed by atoms with E-state index in [2.05, 4.69) is 11.4 Å². The molecule has 4 heteroatoms. The van der Waals surface area contributed by atoms with Crippen LogP contribution in [0.1, 0.15) is 25.3 Å². The first-order valence-electron chi connectivity index (χ1n) is 6.26. The molecule has 1 aromatic carbocycles. The van der Waals surface area contributed by atoms with Crippen molar-refractivity contribution in [2.24, 2.45) is 0 Å². The third-order valence-corrected chi connectivity index (χ3v) is 3.19. The zero-order valence-corrected chi connectivity index (χ0v) is 10.5. The van der Waals surface area contributed by atoms with Gasteiger partial charge in [0.25, 0.3) is 0 Å². The van der Waals surface area contributed by atoms with Gasteiger partial charge in [-0.05, 0) is 44.0 Å². The van der Waals surface area contributed by atoms with Gasteiger partial charge in [0.05, 0.1) is 11.6 Å². The van der Waals surface area contributed by atoms with Crippen molar-refractivity contribution in [3.8, 4) is 6.07 Å².